The lowest BCUT2D eigenvalue weighted by molar-refractivity contribution is 0.239. The van der Waals surface area contributed by atoms with Gasteiger partial charge in [0.05, 0.1) is 27.3 Å². The summed E-state index contributed by atoms with van der Waals surface area (Å²) in [5.41, 5.74) is 3.70. The highest BCUT2D eigenvalue weighted by atomic mass is 32.1. The lowest BCUT2D eigenvalue weighted by atomic mass is 10.1. The maximum absolute atomic E-state index is 12.6. The van der Waals surface area contributed by atoms with Gasteiger partial charge in [-0.15, -0.1) is 11.3 Å². The Hall–Kier alpha value is -2.83. The molecule has 1 N–H and O–H groups in total. The summed E-state index contributed by atoms with van der Waals surface area (Å²) in [5.74, 6) is 0.679. The maximum Gasteiger partial charge on any atom is 0.255 e. The second-order valence-corrected chi connectivity index (χ2v) is 7.72. The molecule has 0 bridgehead atoms. The highest BCUT2D eigenvalue weighted by Crippen LogP contribution is 2.23. The molecule has 0 saturated carbocycles. The van der Waals surface area contributed by atoms with E-state index in [9.17, 15) is 4.79 Å². The van der Waals surface area contributed by atoms with Crippen LogP contribution in [0.3, 0.4) is 0 Å². The molecule has 3 aromatic heterocycles. The van der Waals surface area contributed by atoms with Crippen LogP contribution in [0, 0.1) is 0 Å². The first-order valence-corrected chi connectivity index (χ1v) is 9.87. The van der Waals surface area contributed by atoms with E-state index in [4.69, 9.17) is 9.97 Å². The fourth-order valence-electron chi connectivity index (χ4n) is 3.57. The fourth-order valence-corrected chi connectivity index (χ4v) is 4.24. The SMILES string of the molecule is O=c1[nH]c(-c2cccs2)nc2c1CN(Cc1ccc3ccccc3n1)CC2. The summed E-state index contributed by atoms with van der Waals surface area (Å²) in [4.78, 5) is 28.3. The molecule has 0 atom stereocenters. The predicted octanol–water partition coefficient (Wildman–Crippen LogP) is 3.60. The summed E-state index contributed by atoms with van der Waals surface area (Å²) in [6.07, 6.45) is 0.783. The molecule has 1 aromatic carbocycles. The molecule has 0 radical (unpaired) electrons. The Labute approximate surface area is 160 Å². The van der Waals surface area contributed by atoms with Gasteiger partial charge in [-0.25, -0.2) is 4.98 Å². The minimum atomic E-state index is -0.0282. The van der Waals surface area contributed by atoms with Crippen molar-refractivity contribution < 1.29 is 0 Å². The van der Waals surface area contributed by atoms with E-state index in [2.05, 4.69) is 28.1 Å². The van der Waals surface area contributed by atoms with Gasteiger partial charge in [0.15, 0.2) is 5.82 Å². The van der Waals surface area contributed by atoms with Crippen LogP contribution in [0.1, 0.15) is 17.0 Å². The van der Waals surface area contributed by atoms with Crippen LogP contribution in [-0.4, -0.2) is 26.4 Å². The number of hydrogen-bond acceptors (Lipinski definition) is 5. The molecule has 5 rings (SSSR count). The molecule has 0 amide bonds. The molecule has 5 nitrogen and oxygen atoms in total. The van der Waals surface area contributed by atoms with Crippen molar-refractivity contribution in [2.75, 3.05) is 6.54 Å². The number of hydrogen-bond donors (Lipinski definition) is 1. The van der Waals surface area contributed by atoms with Gasteiger partial charge < -0.3 is 4.98 Å². The molecule has 1 aliphatic rings. The predicted molar refractivity (Wildman–Crippen MR) is 108 cm³/mol. The van der Waals surface area contributed by atoms with Crippen molar-refractivity contribution in [3.8, 4) is 10.7 Å². The lowest BCUT2D eigenvalue weighted by Gasteiger charge is -2.27. The van der Waals surface area contributed by atoms with Crippen LogP contribution in [0.2, 0.25) is 0 Å². The summed E-state index contributed by atoms with van der Waals surface area (Å²) in [6, 6.07) is 16.3. The van der Waals surface area contributed by atoms with Crippen molar-refractivity contribution in [2.45, 2.75) is 19.5 Å². The lowest BCUT2D eigenvalue weighted by Crippen LogP contribution is -2.35. The van der Waals surface area contributed by atoms with Crippen molar-refractivity contribution in [1.29, 1.82) is 0 Å². The highest BCUT2D eigenvalue weighted by Gasteiger charge is 2.22. The van der Waals surface area contributed by atoms with Crippen molar-refractivity contribution in [3.63, 3.8) is 0 Å². The van der Waals surface area contributed by atoms with Crippen LogP contribution in [0.4, 0.5) is 0 Å². The van der Waals surface area contributed by atoms with E-state index >= 15 is 0 Å². The third-order valence-corrected chi connectivity index (χ3v) is 5.82. The topological polar surface area (TPSA) is 61.9 Å². The molecule has 0 aliphatic carbocycles. The number of fused-ring (bicyclic) bond motifs is 2. The Bertz CT molecular complexity index is 1170. The van der Waals surface area contributed by atoms with Crippen molar-refractivity contribution in [1.82, 2.24) is 19.9 Å². The molecule has 4 aromatic rings. The first-order valence-electron chi connectivity index (χ1n) is 8.99. The van der Waals surface area contributed by atoms with Crippen LogP contribution in [0.15, 0.2) is 58.7 Å². The Morgan fingerprint density at radius 1 is 1.07 bits per heavy atom. The molecule has 4 heterocycles. The van der Waals surface area contributed by atoms with Gasteiger partial charge in [-0.3, -0.25) is 14.7 Å². The van der Waals surface area contributed by atoms with E-state index in [1.54, 1.807) is 11.3 Å². The zero-order valence-corrected chi connectivity index (χ0v) is 15.5. The normalized spacial score (nSPS) is 14.4. The van der Waals surface area contributed by atoms with Gasteiger partial charge in [-0.2, -0.15) is 0 Å². The maximum atomic E-state index is 12.6. The summed E-state index contributed by atoms with van der Waals surface area (Å²) in [7, 11) is 0. The molecule has 27 heavy (non-hydrogen) atoms. The summed E-state index contributed by atoms with van der Waals surface area (Å²) in [6.45, 7) is 2.22. The van der Waals surface area contributed by atoms with Gasteiger partial charge in [0.1, 0.15) is 0 Å². The summed E-state index contributed by atoms with van der Waals surface area (Å²) in [5, 5.41) is 3.14. The van der Waals surface area contributed by atoms with Gasteiger partial charge in [0.2, 0.25) is 0 Å². The largest absolute Gasteiger partial charge is 0.306 e. The average Bonchev–Trinajstić information content (AvgIpc) is 3.23. The Balaban J connectivity index is 1.39. The van der Waals surface area contributed by atoms with E-state index in [0.717, 1.165) is 52.2 Å². The number of rotatable bonds is 3. The van der Waals surface area contributed by atoms with E-state index in [1.165, 1.54) is 0 Å². The second-order valence-electron chi connectivity index (χ2n) is 6.77. The molecule has 0 fully saturated rings. The van der Waals surface area contributed by atoms with Crippen molar-refractivity contribution >= 4 is 22.2 Å². The molecule has 134 valence electrons. The van der Waals surface area contributed by atoms with Gasteiger partial charge in [-0.05, 0) is 23.6 Å². The molecule has 1 aliphatic heterocycles. The third kappa shape index (κ3) is 3.18. The Kier molecular flexibility index (Phi) is 4.07. The number of para-hydroxylation sites is 1. The molecule has 6 heteroatoms. The smallest absolute Gasteiger partial charge is 0.255 e. The zero-order chi connectivity index (χ0) is 18.2. The van der Waals surface area contributed by atoms with Crippen LogP contribution in [0.5, 0.6) is 0 Å². The number of nitrogens with one attached hydrogen (secondary N) is 1. The van der Waals surface area contributed by atoms with Crippen LogP contribution in [-0.2, 0) is 19.5 Å². The average molecular weight is 374 g/mol. The van der Waals surface area contributed by atoms with Crippen LogP contribution >= 0.6 is 11.3 Å². The molecular formula is C21H18N4OS. The zero-order valence-electron chi connectivity index (χ0n) is 14.7. The number of benzene rings is 1. The summed E-state index contributed by atoms with van der Waals surface area (Å²) >= 11 is 1.59. The first-order chi connectivity index (χ1) is 13.3. The van der Waals surface area contributed by atoms with Crippen molar-refractivity contribution in [3.05, 3.63) is 81.2 Å². The summed E-state index contributed by atoms with van der Waals surface area (Å²) < 4.78 is 0. The molecule has 0 saturated heterocycles. The Morgan fingerprint density at radius 2 is 2.00 bits per heavy atom. The number of nitrogens with zero attached hydrogens (tertiary/aromatic N) is 3. The number of H-pyrrole nitrogens is 1. The van der Waals surface area contributed by atoms with Gasteiger partial charge in [0, 0.05) is 31.4 Å². The van der Waals surface area contributed by atoms with E-state index in [-0.39, 0.29) is 5.56 Å². The number of aromatic nitrogens is 3. The minimum absolute atomic E-state index is 0.0282. The molecule has 0 unspecified atom stereocenters. The quantitative estimate of drug-likeness (QED) is 0.595. The molecular weight excluding hydrogens is 356 g/mol. The highest BCUT2D eigenvalue weighted by molar-refractivity contribution is 7.13. The number of pyridine rings is 1. The van der Waals surface area contributed by atoms with Crippen molar-refractivity contribution in [2.24, 2.45) is 0 Å². The fraction of sp³-hybridized carbons (Fsp3) is 0.190. The van der Waals surface area contributed by atoms with Crippen LogP contribution < -0.4 is 5.56 Å². The van der Waals surface area contributed by atoms with Gasteiger partial charge >= 0.3 is 0 Å². The van der Waals surface area contributed by atoms with Gasteiger partial charge in [-0.1, -0.05) is 30.3 Å². The molecule has 0 spiro atoms. The second kappa shape index (κ2) is 6.72. The van der Waals surface area contributed by atoms with E-state index < -0.39 is 0 Å². The van der Waals surface area contributed by atoms with E-state index in [0.29, 0.717) is 12.4 Å². The Morgan fingerprint density at radius 3 is 2.89 bits per heavy atom. The van der Waals surface area contributed by atoms with E-state index in [1.807, 2.05) is 35.7 Å². The standard InChI is InChI=1S/C21H18N4OS/c26-21-16-13-25(12-15-8-7-14-4-1-2-5-17(14)22-15)10-9-18(16)23-20(24-21)19-6-3-11-27-19/h1-8,11H,9-10,12-13H2,(H,23,24,26). The monoisotopic (exact) mass is 374 g/mol. The first kappa shape index (κ1) is 16.4. The third-order valence-electron chi connectivity index (χ3n) is 4.94. The van der Waals surface area contributed by atoms with Gasteiger partial charge in [0.25, 0.3) is 5.56 Å². The van der Waals surface area contributed by atoms with Crippen LogP contribution in [0.25, 0.3) is 21.6 Å². The number of aromatic amines is 1. The minimum Gasteiger partial charge on any atom is -0.306 e. The number of thiophene rings is 1.